The molecule has 2 aromatic rings. The molecule has 0 atom stereocenters. The topological polar surface area (TPSA) is 143 Å². The minimum atomic E-state index is -4.32. The lowest BCUT2D eigenvalue weighted by Crippen LogP contribution is -2.14. The molecule has 0 spiro atoms. The monoisotopic (exact) mass is 400 g/mol. The first kappa shape index (κ1) is 20.0. The highest BCUT2D eigenvalue weighted by molar-refractivity contribution is 8.03. The van der Waals surface area contributed by atoms with Crippen LogP contribution in [-0.4, -0.2) is 18.9 Å². The first-order valence-corrected chi connectivity index (χ1v) is 9.51. The van der Waals surface area contributed by atoms with Gasteiger partial charge in [0.15, 0.2) is 0 Å². The summed E-state index contributed by atoms with van der Waals surface area (Å²) in [4.78, 5) is 12.6. The fourth-order valence-electron chi connectivity index (χ4n) is 1.88. The zero-order valence-corrected chi connectivity index (χ0v) is 15.2. The number of hydrogen-bond acceptors (Lipinski definition) is 7. The van der Waals surface area contributed by atoms with Gasteiger partial charge in [0.1, 0.15) is 17.0 Å². The van der Waals surface area contributed by atoms with Gasteiger partial charge in [-0.1, -0.05) is 0 Å². The Balaban J connectivity index is 2.05. The molecule has 0 unspecified atom stereocenters. The average Bonchev–Trinajstić information content (AvgIpc) is 2.63. The zero-order valence-electron chi connectivity index (χ0n) is 13.6. The summed E-state index contributed by atoms with van der Waals surface area (Å²) < 4.78 is 30.9. The number of carbonyl (C=O) groups is 1. The number of benzene rings is 2. The average molecular weight is 400 g/mol. The summed E-state index contributed by atoms with van der Waals surface area (Å²) in [5.74, 6) is -0.693. The summed E-state index contributed by atoms with van der Waals surface area (Å²) >= 11 is 1.01. The summed E-state index contributed by atoms with van der Waals surface area (Å²) in [6, 6.07) is 13.4. The van der Waals surface area contributed by atoms with Crippen LogP contribution in [0.3, 0.4) is 0 Å². The molecule has 0 bridgehead atoms. The zero-order chi connectivity index (χ0) is 19.9. The third-order valence-corrected chi connectivity index (χ3v) is 4.64. The minimum absolute atomic E-state index is 0.204. The van der Waals surface area contributed by atoms with E-state index in [0.29, 0.717) is 5.69 Å². The van der Waals surface area contributed by atoms with Crippen molar-refractivity contribution in [2.75, 3.05) is 10.6 Å². The third-order valence-electron chi connectivity index (χ3n) is 3.18. The van der Waals surface area contributed by atoms with Gasteiger partial charge in [-0.25, -0.2) is 0 Å². The van der Waals surface area contributed by atoms with Crippen LogP contribution in [0.15, 0.2) is 70.1 Å². The van der Waals surface area contributed by atoms with Crippen LogP contribution in [0.1, 0.15) is 0 Å². The van der Waals surface area contributed by atoms with E-state index in [1.165, 1.54) is 18.3 Å². The van der Waals surface area contributed by atoms with Crippen molar-refractivity contribution in [1.82, 2.24) is 0 Å². The first-order valence-electron chi connectivity index (χ1n) is 7.25. The summed E-state index contributed by atoms with van der Waals surface area (Å²) in [5.41, 5.74) is 0.672. The van der Waals surface area contributed by atoms with Crippen molar-refractivity contribution < 1.29 is 17.8 Å². The second kappa shape index (κ2) is 8.87. The SMILES string of the molecule is N#CSc1ccc(N/C=C(/C#N)C(=O)Nc2ccc(S(=O)(=O)O)cc2)cc1. The molecule has 0 aliphatic heterocycles. The van der Waals surface area contributed by atoms with E-state index in [0.717, 1.165) is 28.8 Å². The molecule has 0 aliphatic carbocycles. The molecule has 8 nitrogen and oxygen atoms in total. The predicted molar refractivity (Wildman–Crippen MR) is 100 cm³/mol. The smallest absolute Gasteiger partial charge is 0.294 e. The van der Waals surface area contributed by atoms with E-state index in [2.05, 4.69) is 10.6 Å². The van der Waals surface area contributed by atoms with Gasteiger partial charge in [-0.05, 0) is 60.3 Å². The molecule has 2 aromatic carbocycles. The molecule has 0 fully saturated rings. The molecule has 3 N–H and O–H groups in total. The lowest BCUT2D eigenvalue weighted by Gasteiger charge is -2.06. The van der Waals surface area contributed by atoms with Gasteiger partial charge < -0.3 is 10.6 Å². The van der Waals surface area contributed by atoms with Crippen LogP contribution >= 0.6 is 11.8 Å². The van der Waals surface area contributed by atoms with Gasteiger partial charge in [0.25, 0.3) is 16.0 Å². The van der Waals surface area contributed by atoms with Crippen LogP contribution in [0.4, 0.5) is 11.4 Å². The molecule has 0 radical (unpaired) electrons. The lowest BCUT2D eigenvalue weighted by molar-refractivity contribution is -0.112. The van der Waals surface area contributed by atoms with E-state index in [4.69, 9.17) is 15.1 Å². The Bertz CT molecular complexity index is 1050. The fourth-order valence-corrected chi connectivity index (χ4v) is 2.74. The lowest BCUT2D eigenvalue weighted by atomic mass is 10.2. The molecule has 0 heterocycles. The summed E-state index contributed by atoms with van der Waals surface area (Å²) in [6.07, 6.45) is 1.23. The van der Waals surface area contributed by atoms with Gasteiger partial charge in [0.2, 0.25) is 0 Å². The maximum atomic E-state index is 12.1. The molecule has 27 heavy (non-hydrogen) atoms. The highest BCUT2D eigenvalue weighted by atomic mass is 32.2. The van der Waals surface area contributed by atoms with Crippen LogP contribution < -0.4 is 10.6 Å². The third kappa shape index (κ3) is 5.87. The minimum Gasteiger partial charge on any atom is -0.360 e. The second-order valence-corrected chi connectivity index (χ2v) is 7.27. The van der Waals surface area contributed by atoms with Gasteiger partial charge in [-0.15, -0.1) is 0 Å². The number of nitrogens with one attached hydrogen (secondary N) is 2. The van der Waals surface area contributed by atoms with Crippen molar-refractivity contribution in [2.24, 2.45) is 0 Å². The van der Waals surface area contributed by atoms with Crippen molar-refractivity contribution in [1.29, 1.82) is 10.5 Å². The van der Waals surface area contributed by atoms with E-state index in [-0.39, 0.29) is 16.2 Å². The van der Waals surface area contributed by atoms with Crippen LogP contribution in [-0.2, 0) is 14.9 Å². The van der Waals surface area contributed by atoms with E-state index < -0.39 is 16.0 Å². The molecule has 1 amide bonds. The number of anilines is 2. The van der Waals surface area contributed by atoms with Gasteiger partial charge in [0, 0.05) is 22.5 Å². The Morgan fingerprint density at radius 1 is 1.04 bits per heavy atom. The Morgan fingerprint density at radius 2 is 1.63 bits per heavy atom. The maximum Gasteiger partial charge on any atom is 0.294 e. The molecule has 10 heteroatoms. The van der Waals surface area contributed by atoms with Crippen LogP contribution in [0.5, 0.6) is 0 Å². The van der Waals surface area contributed by atoms with Crippen molar-refractivity contribution in [2.45, 2.75) is 9.79 Å². The number of rotatable bonds is 6. The van der Waals surface area contributed by atoms with Crippen LogP contribution in [0, 0.1) is 22.0 Å². The Kier molecular flexibility index (Phi) is 6.57. The second-order valence-electron chi connectivity index (χ2n) is 4.99. The normalized spacial score (nSPS) is 11.1. The molecular weight excluding hydrogens is 388 g/mol. The largest absolute Gasteiger partial charge is 0.360 e. The predicted octanol–water partition coefficient (Wildman–Crippen LogP) is 2.96. The highest BCUT2D eigenvalue weighted by Gasteiger charge is 2.12. The molecule has 136 valence electrons. The maximum absolute atomic E-state index is 12.1. The molecule has 0 aliphatic rings. The standard InChI is InChI=1S/C17H12N4O4S2/c18-9-12(10-20-13-1-5-15(6-2-13)26-11-19)17(22)21-14-3-7-16(8-4-14)27(23,24)25/h1-8,10,20H,(H,21,22)(H,23,24,25)/b12-10-. The number of thioether (sulfide) groups is 1. The molecule has 0 saturated heterocycles. The van der Waals surface area contributed by atoms with E-state index in [1.807, 2.05) is 5.40 Å². The van der Waals surface area contributed by atoms with E-state index >= 15 is 0 Å². The van der Waals surface area contributed by atoms with Crippen molar-refractivity contribution in [3.05, 3.63) is 60.3 Å². The number of nitriles is 2. The number of hydrogen-bond donors (Lipinski definition) is 3. The van der Waals surface area contributed by atoms with Gasteiger partial charge in [0.05, 0.1) is 4.90 Å². The number of thiocyanates is 1. The number of carbonyl (C=O) groups excluding carboxylic acids is 1. The first-order chi connectivity index (χ1) is 12.8. The van der Waals surface area contributed by atoms with Crippen LogP contribution in [0.2, 0.25) is 0 Å². The van der Waals surface area contributed by atoms with Crippen molar-refractivity contribution in [3.8, 4) is 11.5 Å². The quantitative estimate of drug-likeness (QED) is 0.221. The Morgan fingerprint density at radius 3 is 2.15 bits per heavy atom. The molecule has 2 rings (SSSR count). The van der Waals surface area contributed by atoms with Crippen molar-refractivity contribution in [3.63, 3.8) is 0 Å². The fraction of sp³-hybridized carbons (Fsp3) is 0. The van der Waals surface area contributed by atoms with Gasteiger partial charge >= 0.3 is 0 Å². The molecular formula is C17H12N4O4S2. The van der Waals surface area contributed by atoms with E-state index in [9.17, 15) is 13.2 Å². The summed E-state index contributed by atoms with van der Waals surface area (Å²) in [7, 11) is -4.32. The van der Waals surface area contributed by atoms with Crippen LogP contribution in [0.25, 0.3) is 0 Å². The van der Waals surface area contributed by atoms with E-state index in [1.54, 1.807) is 30.3 Å². The molecule has 0 saturated carbocycles. The summed E-state index contributed by atoms with van der Waals surface area (Å²) in [6.45, 7) is 0. The van der Waals surface area contributed by atoms with Gasteiger partial charge in [-0.2, -0.15) is 18.9 Å². The molecule has 0 aromatic heterocycles. The Hall–Kier alpha value is -3.31. The number of nitrogens with zero attached hydrogens (tertiary/aromatic N) is 2. The number of amides is 1. The Labute approximate surface area is 159 Å². The van der Waals surface area contributed by atoms with Crippen molar-refractivity contribution >= 4 is 39.2 Å². The highest BCUT2D eigenvalue weighted by Crippen LogP contribution is 2.19. The van der Waals surface area contributed by atoms with Gasteiger partial charge in [-0.3, -0.25) is 9.35 Å². The summed E-state index contributed by atoms with van der Waals surface area (Å²) in [5, 5.41) is 25.0.